The van der Waals surface area contributed by atoms with E-state index in [0.29, 0.717) is 0 Å². The molecule has 0 radical (unpaired) electrons. The lowest BCUT2D eigenvalue weighted by molar-refractivity contribution is 0.582. The van der Waals surface area contributed by atoms with Crippen LogP contribution in [0.3, 0.4) is 0 Å². The van der Waals surface area contributed by atoms with Crippen LogP contribution in [0, 0.1) is 0 Å². The van der Waals surface area contributed by atoms with E-state index in [-0.39, 0.29) is 0 Å². The summed E-state index contributed by atoms with van der Waals surface area (Å²) < 4.78 is 5.50. The molecule has 0 saturated heterocycles. The molecule has 0 N–H and O–H groups in total. The maximum Gasteiger partial charge on any atom is 0.134 e. The summed E-state index contributed by atoms with van der Waals surface area (Å²) in [6.07, 6.45) is 2.65. The third-order valence-electron chi connectivity index (χ3n) is 3.04. The van der Waals surface area contributed by atoms with Gasteiger partial charge in [0.2, 0.25) is 0 Å². The summed E-state index contributed by atoms with van der Waals surface area (Å²) >= 11 is 0. The minimum absolute atomic E-state index is 0.928. The van der Waals surface area contributed by atoms with E-state index in [2.05, 4.69) is 42.5 Å². The van der Waals surface area contributed by atoms with Crippen LogP contribution in [-0.4, -0.2) is 0 Å². The normalized spacial score (nSPS) is 10.4. The molecule has 0 aliphatic heterocycles. The van der Waals surface area contributed by atoms with Crippen molar-refractivity contribution in [2.45, 2.75) is 6.42 Å². The molecule has 0 aliphatic carbocycles. The summed E-state index contributed by atoms with van der Waals surface area (Å²) in [6, 6.07) is 22.8. The van der Waals surface area contributed by atoms with Gasteiger partial charge in [0, 0.05) is 5.56 Å². The number of hydrogen-bond acceptors (Lipinski definition) is 1. The Bertz CT molecular complexity index is 609. The number of rotatable bonds is 3. The van der Waals surface area contributed by atoms with E-state index >= 15 is 0 Å². The Balaban J connectivity index is 1.98. The molecule has 0 fully saturated rings. The van der Waals surface area contributed by atoms with Crippen LogP contribution in [0.15, 0.2) is 77.4 Å². The molecule has 2 aromatic carbocycles. The highest BCUT2D eigenvalue weighted by Gasteiger charge is 2.07. The first-order valence-electron chi connectivity index (χ1n) is 6.09. The molecule has 0 unspecified atom stereocenters. The minimum Gasteiger partial charge on any atom is -0.464 e. The lowest BCUT2D eigenvalue weighted by Gasteiger charge is -2.07. The molecule has 1 heteroatoms. The van der Waals surface area contributed by atoms with E-state index in [4.69, 9.17) is 4.42 Å². The SMILES string of the molecule is c1ccc(Cc2ccccc2-c2ccco2)cc1. The Kier molecular flexibility index (Phi) is 2.97. The Morgan fingerprint density at radius 3 is 2.28 bits per heavy atom. The summed E-state index contributed by atoms with van der Waals surface area (Å²) in [5.74, 6) is 0.932. The summed E-state index contributed by atoms with van der Waals surface area (Å²) in [5.41, 5.74) is 3.78. The van der Waals surface area contributed by atoms with E-state index < -0.39 is 0 Å². The van der Waals surface area contributed by atoms with Crippen molar-refractivity contribution >= 4 is 0 Å². The van der Waals surface area contributed by atoms with Crippen LogP contribution in [0.5, 0.6) is 0 Å². The van der Waals surface area contributed by atoms with E-state index in [1.165, 1.54) is 16.7 Å². The van der Waals surface area contributed by atoms with Crippen molar-refractivity contribution in [1.82, 2.24) is 0 Å². The van der Waals surface area contributed by atoms with Gasteiger partial charge in [-0.2, -0.15) is 0 Å². The molecule has 0 spiro atoms. The largest absolute Gasteiger partial charge is 0.464 e. The van der Waals surface area contributed by atoms with Crippen molar-refractivity contribution < 1.29 is 4.42 Å². The van der Waals surface area contributed by atoms with Crippen LogP contribution < -0.4 is 0 Å². The van der Waals surface area contributed by atoms with Crippen molar-refractivity contribution in [3.8, 4) is 11.3 Å². The van der Waals surface area contributed by atoms with Crippen LogP contribution in [0.25, 0.3) is 11.3 Å². The molecule has 0 aliphatic rings. The molecule has 88 valence electrons. The zero-order valence-electron chi connectivity index (χ0n) is 10.0. The molecule has 3 aromatic rings. The highest BCUT2D eigenvalue weighted by Crippen LogP contribution is 2.25. The standard InChI is InChI=1S/C17H14O/c1-2-7-14(8-3-1)13-15-9-4-5-10-16(15)17-11-6-12-18-17/h1-12H,13H2. The quantitative estimate of drug-likeness (QED) is 0.648. The van der Waals surface area contributed by atoms with Crippen LogP contribution >= 0.6 is 0 Å². The van der Waals surface area contributed by atoms with Crippen molar-refractivity contribution in [3.05, 3.63) is 84.1 Å². The topological polar surface area (TPSA) is 13.1 Å². The fourth-order valence-corrected chi connectivity index (χ4v) is 2.16. The van der Waals surface area contributed by atoms with Gasteiger partial charge in [0.15, 0.2) is 0 Å². The van der Waals surface area contributed by atoms with E-state index in [0.717, 1.165) is 12.2 Å². The molecule has 3 rings (SSSR count). The van der Waals surface area contributed by atoms with Crippen LogP contribution in [0.2, 0.25) is 0 Å². The molecule has 18 heavy (non-hydrogen) atoms. The highest BCUT2D eigenvalue weighted by atomic mass is 16.3. The van der Waals surface area contributed by atoms with Gasteiger partial charge < -0.3 is 4.42 Å². The molecule has 0 saturated carbocycles. The molecular weight excluding hydrogens is 220 g/mol. The fourth-order valence-electron chi connectivity index (χ4n) is 2.16. The predicted octanol–water partition coefficient (Wildman–Crippen LogP) is 4.54. The van der Waals surface area contributed by atoms with Gasteiger partial charge in [-0.15, -0.1) is 0 Å². The second-order valence-electron chi connectivity index (χ2n) is 4.30. The zero-order chi connectivity index (χ0) is 12.2. The van der Waals surface area contributed by atoms with Crippen molar-refractivity contribution in [2.75, 3.05) is 0 Å². The monoisotopic (exact) mass is 234 g/mol. The van der Waals surface area contributed by atoms with Crippen molar-refractivity contribution in [3.63, 3.8) is 0 Å². The molecule has 1 nitrogen and oxygen atoms in total. The Morgan fingerprint density at radius 2 is 1.50 bits per heavy atom. The smallest absolute Gasteiger partial charge is 0.134 e. The molecule has 1 heterocycles. The lowest BCUT2D eigenvalue weighted by atomic mass is 9.98. The first-order valence-corrected chi connectivity index (χ1v) is 6.09. The van der Waals surface area contributed by atoms with Gasteiger partial charge in [-0.1, -0.05) is 54.6 Å². The molecule has 0 bridgehead atoms. The lowest BCUT2D eigenvalue weighted by Crippen LogP contribution is -1.91. The van der Waals surface area contributed by atoms with Crippen molar-refractivity contribution in [2.24, 2.45) is 0 Å². The maximum absolute atomic E-state index is 5.50. The third kappa shape index (κ3) is 2.21. The zero-order valence-corrected chi connectivity index (χ0v) is 10.0. The Hall–Kier alpha value is -2.28. The molecular formula is C17H14O. The second-order valence-corrected chi connectivity index (χ2v) is 4.30. The average Bonchev–Trinajstić information content (AvgIpc) is 2.94. The first-order chi connectivity index (χ1) is 8.93. The number of benzene rings is 2. The summed E-state index contributed by atoms with van der Waals surface area (Å²) in [5, 5.41) is 0. The van der Waals surface area contributed by atoms with E-state index in [9.17, 15) is 0 Å². The Morgan fingerprint density at radius 1 is 0.722 bits per heavy atom. The summed E-state index contributed by atoms with van der Waals surface area (Å²) in [4.78, 5) is 0. The summed E-state index contributed by atoms with van der Waals surface area (Å²) in [6.45, 7) is 0. The molecule has 0 atom stereocenters. The maximum atomic E-state index is 5.50. The van der Waals surface area contributed by atoms with Crippen LogP contribution in [0.1, 0.15) is 11.1 Å². The summed E-state index contributed by atoms with van der Waals surface area (Å²) in [7, 11) is 0. The third-order valence-corrected chi connectivity index (χ3v) is 3.04. The van der Waals surface area contributed by atoms with Crippen LogP contribution in [-0.2, 0) is 6.42 Å². The van der Waals surface area contributed by atoms with Gasteiger partial charge >= 0.3 is 0 Å². The molecule has 1 aromatic heterocycles. The van der Waals surface area contributed by atoms with Gasteiger partial charge in [0.25, 0.3) is 0 Å². The van der Waals surface area contributed by atoms with Gasteiger partial charge in [-0.3, -0.25) is 0 Å². The predicted molar refractivity (Wildman–Crippen MR) is 73.4 cm³/mol. The van der Waals surface area contributed by atoms with E-state index in [1.54, 1.807) is 6.26 Å². The minimum atomic E-state index is 0.928. The highest BCUT2D eigenvalue weighted by molar-refractivity contribution is 5.62. The Labute approximate surface area is 107 Å². The second kappa shape index (κ2) is 4.92. The average molecular weight is 234 g/mol. The van der Waals surface area contributed by atoms with Gasteiger partial charge in [-0.05, 0) is 29.7 Å². The molecule has 0 amide bonds. The first kappa shape index (κ1) is 10.8. The van der Waals surface area contributed by atoms with Crippen LogP contribution in [0.4, 0.5) is 0 Å². The van der Waals surface area contributed by atoms with Gasteiger partial charge in [0.1, 0.15) is 5.76 Å². The van der Waals surface area contributed by atoms with Crippen molar-refractivity contribution in [1.29, 1.82) is 0 Å². The fraction of sp³-hybridized carbons (Fsp3) is 0.0588. The van der Waals surface area contributed by atoms with Gasteiger partial charge in [0.05, 0.1) is 6.26 Å². The number of furan rings is 1. The number of hydrogen-bond donors (Lipinski definition) is 0. The van der Waals surface area contributed by atoms with E-state index in [1.807, 2.05) is 24.3 Å². The van der Waals surface area contributed by atoms with Gasteiger partial charge in [-0.25, -0.2) is 0 Å².